The molecule has 140 valence electrons. The Bertz CT molecular complexity index is 855. The molecule has 1 saturated heterocycles. The number of sulfonamides is 1. The molecule has 0 aliphatic carbocycles. The molecular weight excluding hydrogens is 356 g/mol. The van der Waals surface area contributed by atoms with Crippen LogP contribution in [0, 0.1) is 0 Å². The van der Waals surface area contributed by atoms with Crippen molar-refractivity contribution in [3.8, 4) is 11.6 Å². The van der Waals surface area contributed by atoms with Crippen LogP contribution in [0.25, 0.3) is 0 Å². The molecule has 2 heterocycles. The Morgan fingerprint density at radius 2 is 1.92 bits per heavy atom. The van der Waals surface area contributed by atoms with Gasteiger partial charge in [0, 0.05) is 20.6 Å². The molecule has 1 aromatic heterocycles. The molecule has 2 aromatic rings. The summed E-state index contributed by atoms with van der Waals surface area (Å²) in [5.74, 6) is 1.69. The first-order valence-corrected chi connectivity index (χ1v) is 9.64. The molecule has 0 bridgehead atoms. The van der Waals surface area contributed by atoms with Crippen molar-refractivity contribution in [2.24, 2.45) is 0 Å². The minimum atomic E-state index is -3.56. The maximum absolute atomic E-state index is 12.8. The number of hydrogen-bond donors (Lipinski definition) is 0. The summed E-state index contributed by atoms with van der Waals surface area (Å²) in [6.07, 6.45) is 3.52. The smallest absolute Gasteiger partial charge is 0.243 e. The van der Waals surface area contributed by atoms with Gasteiger partial charge in [0.25, 0.3) is 0 Å². The second-order valence-electron chi connectivity index (χ2n) is 6.18. The number of aromatic nitrogens is 2. The second-order valence-corrected chi connectivity index (χ2v) is 8.11. The number of nitrogens with zero attached hydrogens (tertiary/aromatic N) is 4. The Labute approximate surface area is 153 Å². The van der Waals surface area contributed by atoms with E-state index in [-0.39, 0.29) is 17.5 Å². The van der Waals surface area contributed by atoms with Crippen LogP contribution in [-0.4, -0.2) is 63.1 Å². The van der Waals surface area contributed by atoms with Crippen LogP contribution in [0.1, 0.15) is 6.42 Å². The Hall–Kier alpha value is -2.39. The second kappa shape index (κ2) is 7.46. The van der Waals surface area contributed by atoms with Gasteiger partial charge in [0.1, 0.15) is 11.9 Å². The van der Waals surface area contributed by atoms with Crippen molar-refractivity contribution < 1.29 is 17.9 Å². The molecule has 0 N–H and O–H groups in total. The van der Waals surface area contributed by atoms with E-state index in [9.17, 15) is 8.42 Å². The fourth-order valence-corrected chi connectivity index (χ4v) is 4.18. The van der Waals surface area contributed by atoms with Crippen LogP contribution in [0.5, 0.6) is 11.6 Å². The molecule has 1 aliphatic rings. The number of rotatable bonds is 6. The van der Waals surface area contributed by atoms with E-state index in [1.165, 1.54) is 10.5 Å². The highest BCUT2D eigenvalue weighted by molar-refractivity contribution is 7.89. The van der Waals surface area contributed by atoms with E-state index in [4.69, 9.17) is 9.47 Å². The molecule has 0 amide bonds. The van der Waals surface area contributed by atoms with Crippen molar-refractivity contribution in [1.29, 1.82) is 0 Å². The summed E-state index contributed by atoms with van der Waals surface area (Å²) in [5, 5.41) is 0. The predicted molar refractivity (Wildman–Crippen MR) is 97.1 cm³/mol. The first-order chi connectivity index (χ1) is 12.4. The normalized spacial score (nSPS) is 17.9. The van der Waals surface area contributed by atoms with Crippen LogP contribution < -0.4 is 14.4 Å². The number of benzene rings is 1. The van der Waals surface area contributed by atoms with Gasteiger partial charge in [-0.25, -0.2) is 8.42 Å². The highest BCUT2D eigenvalue weighted by Crippen LogP contribution is 2.25. The molecule has 0 saturated carbocycles. The zero-order valence-corrected chi connectivity index (χ0v) is 15.8. The van der Waals surface area contributed by atoms with E-state index in [2.05, 4.69) is 9.97 Å². The van der Waals surface area contributed by atoms with Gasteiger partial charge < -0.3 is 14.4 Å². The molecule has 1 aliphatic heterocycles. The average molecular weight is 378 g/mol. The van der Waals surface area contributed by atoms with Crippen molar-refractivity contribution in [2.45, 2.75) is 17.4 Å². The molecule has 1 fully saturated rings. The third-order valence-electron chi connectivity index (χ3n) is 4.15. The number of anilines is 1. The fraction of sp³-hybridized carbons (Fsp3) is 0.412. The largest absolute Gasteiger partial charge is 0.497 e. The summed E-state index contributed by atoms with van der Waals surface area (Å²) >= 11 is 0. The van der Waals surface area contributed by atoms with Crippen molar-refractivity contribution in [3.63, 3.8) is 0 Å². The van der Waals surface area contributed by atoms with E-state index >= 15 is 0 Å². The van der Waals surface area contributed by atoms with Gasteiger partial charge >= 0.3 is 0 Å². The quantitative estimate of drug-likeness (QED) is 0.751. The van der Waals surface area contributed by atoms with Crippen LogP contribution in [0.3, 0.4) is 0 Å². The SMILES string of the molecule is COc1ccc(S(=O)(=O)N2CC[C@@H](Oc3cncc(N(C)C)n3)C2)cc1. The fourth-order valence-electron chi connectivity index (χ4n) is 2.69. The van der Waals surface area contributed by atoms with E-state index in [0.29, 0.717) is 30.4 Å². The van der Waals surface area contributed by atoms with E-state index in [0.717, 1.165) is 0 Å². The van der Waals surface area contributed by atoms with Gasteiger partial charge in [-0.2, -0.15) is 9.29 Å². The zero-order chi connectivity index (χ0) is 18.7. The highest BCUT2D eigenvalue weighted by Gasteiger charge is 2.34. The highest BCUT2D eigenvalue weighted by atomic mass is 32.2. The standard InChI is InChI=1S/C17H22N4O4S/c1-20(2)16-10-18-11-17(19-16)25-14-8-9-21(12-14)26(22,23)15-6-4-13(24-3)5-7-15/h4-7,10-11,14H,8-9,12H2,1-3H3/t14-/m1/s1. The van der Waals surface area contributed by atoms with Crippen LogP contribution in [0.2, 0.25) is 0 Å². The lowest BCUT2D eigenvalue weighted by molar-refractivity contribution is 0.206. The number of methoxy groups -OCH3 is 1. The molecule has 1 aromatic carbocycles. The third-order valence-corrected chi connectivity index (χ3v) is 6.03. The van der Waals surface area contributed by atoms with Gasteiger partial charge in [-0.3, -0.25) is 4.98 Å². The lowest BCUT2D eigenvalue weighted by atomic mass is 10.3. The average Bonchev–Trinajstić information content (AvgIpc) is 3.11. The van der Waals surface area contributed by atoms with E-state index in [1.54, 1.807) is 37.6 Å². The molecule has 0 unspecified atom stereocenters. The van der Waals surface area contributed by atoms with Gasteiger partial charge in [-0.1, -0.05) is 0 Å². The van der Waals surface area contributed by atoms with E-state index in [1.807, 2.05) is 19.0 Å². The summed E-state index contributed by atoms with van der Waals surface area (Å²) in [4.78, 5) is 10.5. The van der Waals surface area contributed by atoms with Gasteiger partial charge in [0.15, 0.2) is 5.82 Å². The molecular formula is C17H22N4O4S. The van der Waals surface area contributed by atoms with E-state index < -0.39 is 10.0 Å². The maximum Gasteiger partial charge on any atom is 0.243 e. The number of ether oxygens (including phenoxy) is 2. The summed E-state index contributed by atoms with van der Waals surface area (Å²) in [5.41, 5.74) is 0. The summed E-state index contributed by atoms with van der Waals surface area (Å²) < 4.78 is 37.9. The lowest BCUT2D eigenvalue weighted by Gasteiger charge is -2.18. The summed E-state index contributed by atoms with van der Waals surface area (Å²) in [6, 6.07) is 6.38. The first kappa shape index (κ1) is 18.4. The molecule has 0 radical (unpaired) electrons. The Balaban J connectivity index is 1.68. The van der Waals surface area contributed by atoms with Crippen LogP contribution >= 0.6 is 0 Å². The minimum Gasteiger partial charge on any atom is -0.497 e. The Morgan fingerprint density at radius 1 is 1.19 bits per heavy atom. The zero-order valence-electron chi connectivity index (χ0n) is 15.0. The molecule has 9 heteroatoms. The monoisotopic (exact) mass is 378 g/mol. The van der Waals surface area contributed by atoms with Crippen molar-refractivity contribution in [1.82, 2.24) is 14.3 Å². The van der Waals surface area contributed by atoms with Crippen LogP contribution in [0.15, 0.2) is 41.6 Å². The summed E-state index contributed by atoms with van der Waals surface area (Å²) in [6.45, 7) is 0.683. The maximum atomic E-state index is 12.8. The van der Waals surface area contributed by atoms with Crippen LogP contribution in [-0.2, 0) is 10.0 Å². The van der Waals surface area contributed by atoms with Gasteiger partial charge in [0.05, 0.1) is 30.9 Å². The van der Waals surface area contributed by atoms with Crippen molar-refractivity contribution in [3.05, 3.63) is 36.7 Å². The predicted octanol–water partition coefficient (Wildman–Crippen LogP) is 1.39. The third kappa shape index (κ3) is 3.88. The summed E-state index contributed by atoms with van der Waals surface area (Å²) in [7, 11) is 1.72. The van der Waals surface area contributed by atoms with Crippen molar-refractivity contribution in [2.75, 3.05) is 39.2 Å². The Kier molecular flexibility index (Phi) is 5.28. The van der Waals surface area contributed by atoms with Crippen molar-refractivity contribution >= 4 is 15.8 Å². The minimum absolute atomic E-state index is 0.244. The first-order valence-electron chi connectivity index (χ1n) is 8.20. The van der Waals surface area contributed by atoms with Crippen LogP contribution in [0.4, 0.5) is 5.82 Å². The lowest BCUT2D eigenvalue weighted by Crippen LogP contribution is -2.31. The molecule has 26 heavy (non-hydrogen) atoms. The molecule has 0 spiro atoms. The topological polar surface area (TPSA) is 84.9 Å². The van der Waals surface area contributed by atoms with Gasteiger partial charge in [-0.15, -0.1) is 0 Å². The van der Waals surface area contributed by atoms with Gasteiger partial charge in [0.2, 0.25) is 15.9 Å². The molecule has 8 nitrogen and oxygen atoms in total. The molecule has 1 atom stereocenters. The molecule has 3 rings (SSSR count). The Morgan fingerprint density at radius 3 is 2.58 bits per heavy atom. The van der Waals surface area contributed by atoms with Gasteiger partial charge in [-0.05, 0) is 30.7 Å². The number of hydrogen-bond acceptors (Lipinski definition) is 7.